The quantitative estimate of drug-likeness (QED) is 0.533. The van der Waals surface area contributed by atoms with Gasteiger partial charge in [-0.2, -0.15) is 0 Å². The van der Waals surface area contributed by atoms with E-state index in [-0.39, 0.29) is 0 Å². The Morgan fingerprint density at radius 1 is 1.40 bits per heavy atom. The maximum Gasteiger partial charge on any atom is 0.0736 e. The second-order valence-electron chi connectivity index (χ2n) is 2.38. The van der Waals surface area contributed by atoms with E-state index in [1.54, 1.807) is 0 Å². The molecule has 0 amide bonds. The first-order chi connectivity index (χ1) is 4.77. The van der Waals surface area contributed by atoms with Crippen LogP contribution in [0.15, 0.2) is 9.98 Å². The second kappa shape index (κ2) is 6.46. The van der Waals surface area contributed by atoms with Gasteiger partial charge in [-0.25, -0.2) is 0 Å². The minimum absolute atomic E-state index is 0.738. The molecule has 2 heteroatoms. The molecule has 0 aromatic carbocycles. The van der Waals surface area contributed by atoms with Crippen molar-refractivity contribution in [3.8, 4) is 0 Å². The third kappa shape index (κ3) is 7.34. The zero-order chi connectivity index (χ0) is 7.82. The van der Waals surface area contributed by atoms with Gasteiger partial charge in [-0.05, 0) is 20.3 Å². The molecule has 58 valence electrons. The minimum Gasteiger partial charge on any atom is -0.296 e. The zero-order valence-electron chi connectivity index (χ0n) is 7.09. The van der Waals surface area contributed by atoms with Gasteiger partial charge in [0.1, 0.15) is 0 Å². The lowest BCUT2D eigenvalue weighted by molar-refractivity contribution is 0.933. The van der Waals surface area contributed by atoms with Crippen LogP contribution in [-0.2, 0) is 0 Å². The van der Waals surface area contributed by atoms with Crippen molar-refractivity contribution in [3.05, 3.63) is 0 Å². The molecule has 0 bridgehead atoms. The smallest absolute Gasteiger partial charge is 0.0736 e. The molecule has 0 saturated heterocycles. The third-order valence-corrected chi connectivity index (χ3v) is 0.971. The Bertz CT molecular complexity index is 121. The molecule has 0 fully saturated rings. The Hall–Kier alpha value is -0.660. The van der Waals surface area contributed by atoms with Crippen LogP contribution in [0.1, 0.15) is 27.2 Å². The summed E-state index contributed by atoms with van der Waals surface area (Å²) in [7, 11) is 0. The molecule has 0 unspecified atom stereocenters. The van der Waals surface area contributed by atoms with E-state index >= 15 is 0 Å². The first-order valence-corrected chi connectivity index (χ1v) is 3.73. The van der Waals surface area contributed by atoms with E-state index in [4.69, 9.17) is 0 Å². The first kappa shape index (κ1) is 9.34. The maximum absolute atomic E-state index is 4.16. The van der Waals surface area contributed by atoms with Crippen LogP contribution in [0.5, 0.6) is 0 Å². The van der Waals surface area contributed by atoms with Crippen LogP contribution in [-0.4, -0.2) is 25.0 Å². The highest BCUT2D eigenvalue weighted by Crippen LogP contribution is 1.77. The molecule has 0 spiro atoms. The summed E-state index contributed by atoms with van der Waals surface area (Å²) in [5, 5.41) is 0. The molecule has 0 aliphatic rings. The minimum atomic E-state index is 0.738. The monoisotopic (exact) mass is 140 g/mol. The van der Waals surface area contributed by atoms with Crippen molar-refractivity contribution in [2.45, 2.75) is 27.2 Å². The molecular weight excluding hydrogens is 124 g/mol. The highest BCUT2D eigenvalue weighted by Gasteiger charge is 1.75. The Morgan fingerprint density at radius 3 is 2.60 bits per heavy atom. The van der Waals surface area contributed by atoms with Crippen LogP contribution < -0.4 is 0 Å². The molecule has 0 aromatic rings. The summed E-state index contributed by atoms with van der Waals surface area (Å²) in [6, 6.07) is 0. The predicted molar refractivity (Wildman–Crippen MR) is 47.3 cm³/mol. The lowest BCUT2D eigenvalue weighted by atomic mass is 10.5. The molecule has 0 radical (unpaired) electrons. The number of aliphatic imine (C=N–C) groups is 2. The van der Waals surface area contributed by atoms with Crippen molar-refractivity contribution < 1.29 is 0 Å². The topological polar surface area (TPSA) is 24.7 Å². The molecule has 10 heavy (non-hydrogen) atoms. The van der Waals surface area contributed by atoms with Gasteiger partial charge in [0.2, 0.25) is 0 Å². The maximum atomic E-state index is 4.16. The molecule has 2 nitrogen and oxygen atoms in total. The zero-order valence-corrected chi connectivity index (χ0v) is 7.09. The highest BCUT2D eigenvalue weighted by atomic mass is 14.8. The first-order valence-electron chi connectivity index (χ1n) is 3.73. The van der Waals surface area contributed by atoms with E-state index in [1.807, 2.05) is 20.1 Å². The molecule has 0 N–H and O–H groups in total. The largest absolute Gasteiger partial charge is 0.296 e. The van der Waals surface area contributed by atoms with Gasteiger partial charge in [0, 0.05) is 18.5 Å². The van der Waals surface area contributed by atoms with Crippen LogP contribution in [0.2, 0.25) is 0 Å². The molecule has 0 aliphatic heterocycles. The lowest BCUT2D eigenvalue weighted by Crippen LogP contribution is -1.88. The Labute approximate surface area is 63.1 Å². The van der Waals surface area contributed by atoms with E-state index in [2.05, 4.69) is 16.9 Å². The van der Waals surface area contributed by atoms with Gasteiger partial charge in [0.05, 0.1) is 6.54 Å². The summed E-state index contributed by atoms with van der Waals surface area (Å²) >= 11 is 0. The van der Waals surface area contributed by atoms with Crippen LogP contribution in [0.25, 0.3) is 0 Å². The Morgan fingerprint density at radius 2 is 2.10 bits per heavy atom. The van der Waals surface area contributed by atoms with Crippen molar-refractivity contribution in [1.82, 2.24) is 0 Å². The van der Waals surface area contributed by atoms with Crippen molar-refractivity contribution in [3.63, 3.8) is 0 Å². The normalized spacial score (nSPS) is 10.3. The fourth-order valence-corrected chi connectivity index (χ4v) is 0.502. The summed E-state index contributed by atoms with van der Waals surface area (Å²) in [6.07, 6.45) is 2.99. The van der Waals surface area contributed by atoms with E-state index < -0.39 is 0 Å². The van der Waals surface area contributed by atoms with Gasteiger partial charge >= 0.3 is 0 Å². The van der Waals surface area contributed by atoms with E-state index in [0.717, 1.165) is 25.2 Å². The number of nitrogens with zero attached hydrogens (tertiary/aromatic N) is 2. The van der Waals surface area contributed by atoms with Crippen LogP contribution in [0.3, 0.4) is 0 Å². The van der Waals surface area contributed by atoms with E-state index in [0.29, 0.717) is 0 Å². The highest BCUT2D eigenvalue weighted by molar-refractivity contribution is 5.80. The van der Waals surface area contributed by atoms with Crippen molar-refractivity contribution in [2.24, 2.45) is 9.98 Å². The van der Waals surface area contributed by atoms with Gasteiger partial charge < -0.3 is 0 Å². The Kier molecular flexibility index (Phi) is 6.03. The number of rotatable bonds is 4. The average Bonchev–Trinajstić information content (AvgIpc) is 1.87. The standard InChI is InChI=1S/C8H16N2/c1-4-5-9-6-7-10-8(2)3/h6H,4-5,7H2,1-3H3. The van der Waals surface area contributed by atoms with Crippen LogP contribution in [0.4, 0.5) is 0 Å². The lowest BCUT2D eigenvalue weighted by Gasteiger charge is -1.86. The fourth-order valence-electron chi connectivity index (χ4n) is 0.502. The average molecular weight is 140 g/mol. The Balaban J connectivity index is 3.27. The summed E-state index contributed by atoms with van der Waals surface area (Å²) in [4.78, 5) is 8.29. The van der Waals surface area contributed by atoms with Gasteiger partial charge in [-0.3, -0.25) is 9.98 Å². The summed E-state index contributed by atoms with van der Waals surface area (Å²) in [5.74, 6) is 0. The van der Waals surface area contributed by atoms with Crippen LogP contribution in [0, 0.1) is 0 Å². The van der Waals surface area contributed by atoms with Gasteiger partial charge in [0.15, 0.2) is 0 Å². The summed E-state index contributed by atoms with van der Waals surface area (Å²) in [6.45, 7) is 7.77. The molecule has 0 aromatic heterocycles. The van der Waals surface area contributed by atoms with Crippen molar-refractivity contribution in [1.29, 1.82) is 0 Å². The summed E-state index contributed by atoms with van der Waals surface area (Å²) < 4.78 is 0. The van der Waals surface area contributed by atoms with Crippen LogP contribution >= 0.6 is 0 Å². The van der Waals surface area contributed by atoms with Crippen molar-refractivity contribution in [2.75, 3.05) is 13.1 Å². The van der Waals surface area contributed by atoms with Crippen molar-refractivity contribution >= 4 is 11.9 Å². The predicted octanol–water partition coefficient (Wildman–Crippen LogP) is 1.95. The molecule has 0 rings (SSSR count). The molecule has 0 heterocycles. The molecule has 0 atom stereocenters. The fraction of sp³-hybridized carbons (Fsp3) is 0.750. The van der Waals surface area contributed by atoms with E-state index in [9.17, 15) is 0 Å². The second-order valence-corrected chi connectivity index (χ2v) is 2.38. The number of hydrogen-bond donors (Lipinski definition) is 0. The van der Waals surface area contributed by atoms with E-state index in [1.165, 1.54) is 0 Å². The SMILES string of the molecule is CCCN=CCN=C(C)C. The van der Waals surface area contributed by atoms with Gasteiger partial charge in [-0.15, -0.1) is 0 Å². The molecule has 0 saturated carbocycles. The number of hydrogen-bond acceptors (Lipinski definition) is 2. The van der Waals surface area contributed by atoms with Gasteiger partial charge in [0.25, 0.3) is 0 Å². The van der Waals surface area contributed by atoms with Gasteiger partial charge in [-0.1, -0.05) is 6.92 Å². The summed E-state index contributed by atoms with van der Waals surface area (Å²) in [5.41, 5.74) is 1.11. The molecule has 0 aliphatic carbocycles. The molecular formula is C8H16N2. The third-order valence-electron chi connectivity index (χ3n) is 0.971.